The smallest absolute Gasteiger partial charge is 0.238 e. The summed E-state index contributed by atoms with van der Waals surface area (Å²) in [5.74, 6) is 0.174. The van der Waals surface area contributed by atoms with Crippen molar-refractivity contribution in [1.29, 1.82) is 0 Å². The molecule has 104 valence electrons. The molecule has 0 bridgehead atoms. The van der Waals surface area contributed by atoms with E-state index in [-0.39, 0.29) is 17.7 Å². The molecule has 0 aromatic carbocycles. The molecule has 2 unspecified atom stereocenters. The lowest BCUT2D eigenvalue weighted by Crippen LogP contribution is -2.43. The van der Waals surface area contributed by atoms with Gasteiger partial charge in [0, 0.05) is 16.4 Å². The van der Waals surface area contributed by atoms with Gasteiger partial charge >= 0.3 is 0 Å². The Kier molecular flexibility index (Phi) is 3.37. The Morgan fingerprint density at radius 2 is 2.42 bits per heavy atom. The highest BCUT2D eigenvalue weighted by Gasteiger charge is 2.39. The fourth-order valence-corrected chi connectivity index (χ4v) is 3.86. The Balaban J connectivity index is 1.79. The Bertz CT molecular complexity index is 480. The van der Waals surface area contributed by atoms with E-state index in [1.165, 1.54) is 9.75 Å². The third-order valence-corrected chi connectivity index (χ3v) is 4.97. The van der Waals surface area contributed by atoms with Gasteiger partial charge in [0.15, 0.2) is 0 Å². The summed E-state index contributed by atoms with van der Waals surface area (Å²) in [4.78, 5) is 16.5. The molecule has 19 heavy (non-hydrogen) atoms. The summed E-state index contributed by atoms with van der Waals surface area (Å²) in [6.07, 6.45) is 2.15. The summed E-state index contributed by atoms with van der Waals surface area (Å²) in [5.41, 5.74) is -0.174. The van der Waals surface area contributed by atoms with Crippen molar-refractivity contribution in [2.75, 3.05) is 19.7 Å². The number of thiophene rings is 1. The zero-order valence-corrected chi connectivity index (χ0v) is 12.3. The predicted molar refractivity (Wildman–Crippen MR) is 75.1 cm³/mol. The first-order valence-corrected chi connectivity index (χ1v) is 7.62. The van der Waals surface area contributed by atoms with E-state index < -0.39 is 0 Å². The Morgan fingerprint density at radius 1 is 1.58 bits per heavy atom. The molecule has 2 atom stereocenters. The van der Waals surface area contributed by atoms with Crippen LogP contribution in [0.3, 0.4) is 0 Å². The van der Waals surface area contributed by atoms with Crippen LogP contribution in [-0.2, 0) is 9.53 Å². The van der Waals surface area contributed by atoms with E-state index in [0.717, 1.165) is 19.4 Å². The Hall–Kier alpha value is -0.910. The number of amides is 1. The molecule has 3 rings (SSSR count). The van der Waals surface area contributed by atoms with Crippen molar-refractivity contribution in [1.82, 2.24) is 10.2 Å². The molecule has 0 spiro atoms. The van der Waals surface area contributed by atoms with E-state index in [2.05, 4.69) is 31.3 Å². The molecule has 0 radical (unpaired) electrons. The van der Waals surface area contributed by atoms with E-state index in [4.69, 9.17) is 4.74 Å². The number of aryl methyl sites for hydroxylation is 1. The van der Waals surface area contributed by atoms with E-state index in [0.29, 0.717) is 13.1 Å². The highest BCUT2D eigenvalue weighted by atomic mass is 32.1. The van der Waals surface area contributed by atoms with Gasteiger partial charge in [0.05, 0.1) is 18.7 Å². The van der Waals surface area contributed by atoms with Crippen LogP contribution in [0.25, 0.3) is 0 Å². The van der Waals surface area contributed by atoms with Gasteiger partial charge in [-0.1, -0.05) is 0 Å². The summed E-state index contributed by atoms with van der Waals surface area (Å²) in [6, 6.07) is 4.22. The normalized spacial score (nSPS) is 31.4. The lowest BCUT2D eigenvalue weighted by molar-refractivity contribution is -0.131. The maximum atomic E-state index is 12.1. The van der Waals surface area contributed by atoms with Crippen molar-refractivity contribution in [3.8, 4) is 0 Å². The second-order valence-electron chi connectivity index (χ2n) is 5.66. The fraction of sp³-hybridized carbons (Fsp3) is 0.643. The highest BCUT2D eigenvalue weighted by molar-refractivity contribution is 7.12. The summed E-state index contributed by atoms with van der Waals surface area (Å²) in [7, 11) is 0. The molecular weight excluding hydrogens is 260 g/mol. The van der Waals surface area contributed by atoms with Gasteiger partial charge in [0.1, 0.15) is 6.17 Å². The maximum Gasteiger partial charge on any atom is 0.238 e. The van der Waals surface area contributed by atoms with Crippen LogP contribution in [-0.4, -0.2) is 36.1 Å². The van der Waals surface area contributed by atoms with Gasteiger partial charge in [0.25, 0.3) is 0 Å². The lowest BCUT2D eigenvalue weighted by Gasteiger charge is -2.32. The first-order chi connectivity index (χ1) is 9.07. The molecule has 2 aliphatic heterocycles. The van der Waals surface area contributed by atoms with Gasteiger partial charge < -0.3 is 9.64 Å². The van der Waals surface area contributed by atoms with E-state index >= 15 is 0 Å². The van der Waals surface area contributed by atoms with Crippen molar-refractivity contribution in [3.63, 3.8) is 0 Å². The summed E-state index contributed by atoms with van der Waals surface area (Å²) in [6.45, 7) is 6.13. The molecule has 2 aliphatic rings. The van der Waals surface area contributed by atoms with Crippen LogP contribution >= 0.6 is 11.3 Å². The molecule has 1 amide bonds. The van der Waals surface area contributed by atoms with Crippen LogP contribution in [0, 0.1) is 6.92 Å². The number of hydrogen-bond donors (Lipinski definition) is 1. The van der Waals surface area contributed by atoms with Crippen molar-refractivity contribution >= 4 is 17.2 Å². The van der Waals surface area contributed by atoms with Crippen LogP contribution in [0.15, 0.2) is 12.1 Å². The first-order valence-electron chi connectivity index (χ1n) is 6.81. The molecule has 0 saturated carbocycles. The molecule has 2 fully saturated rings. The van der Waals surface area contributed by atoms with Gasteiger partial charge in [-0.05, 0) is 38.8 Å². The molecule has 1 N–H and O–H groups in total. The number of nitrogens with one attached hydrogen (secondary N) is 1. The lowest BCUT2D eigenvalue weighted by atomic mass is 10.0. The van der Waals surface area contributed by atoms with Crippen molar-refractivity contribution in [3.05, 3.63) is 21.9 Å². The monoisotopic (exact) mass is 280 g/mol. The molecule has 1 aromatic heterocycles. The number of ether oxygens (including phenoxy) is 1. The number of carbonyl (C=O) groups is 1. The van der Waals surface area contributed by atoms with E-state index in [1.807, 2.05) is 4.90 Å². The Morgan fingerprint density at radius 3 is 3.05 bits per heavy atom. The van der Waals surface area contributed by atoms with Crippen LogP contribution in [0.1, 0.15) is 35.7 Å². The second kappa shape index (κ2) is 4.89. The number of rotatable bonds is 3. The number of nitrogens with zero attached hydrogens (tertiary/aromatic N) is 1. The summed E-state index contributed by atoms with van der Waals surface area (Å²) >= 11 is 1.75. The topological polar surface area (TPSA) is 41.6 Å². The minimum atomic E-state index is -0.174. The van der Waals surface area contributed by atoms with E-state index in [1.54, 1.807) is 11.3 Å². The minimum absolute atomic E-state index is 0.0206. The zero-order chi connectivity index (χ0) is 13.5. The zero-order valence-electron chi connectivity index (χ0n) is 11.4. The van der Waals surface area contributed by atoms with Gasteiger partial charge in [-0.25, -0.2) is 0 Å². The average molecular weight is 280 g/mol. The third-order valence-electron chi connectivity index (χ3n) is 3.91. The van der Waals surface area contributed by atoms with Gasteiger partial charge in [0.2, 0.25) is 5.91 Å². The van der Waals surface area contributed by atoms with Crippen molar-refractivity contribution in [2.24, 2.45) is 0 Å². The minimum Gasteiger partial charge on any atom is -0.373 e. The summed E-state index contributed by atoms with van der Waals surface area (Å²) in [5, 5.41) is 3.31. The Labute approximate surface area is 117 Å². The second-order valence-corrected chi connectivity index (χ2v) is 6.97. The SMILES string of the molecule is Cc1ccc(C2NCC(=O)N2CC2(C)CCCO2)s1. The number of hydrogen-bond acceptors (Lipinski definition) is 4. The molecule has 1 aromatic rings. The van der Waals surface area contributed by atoms with Crippen molar-refractivity contribution < 1.29 is 9.53 Å². The molecule has 3 heterocycles. The molecular formula is C14H20N2O2S. The van der Waals surface area contributed by atoms with E-state index in [9.17, 15) is 4.79 Å². The number of carbonyl (C=O) groups excluding carboxylic acids is 1. The van der Waals surface area contributed by atoms with Gasteiger partial charge in [-0.15, -0.1) is 11.3 Å². The van der Waals surface area contributed by atoms with Gasteiger partial charge in [-0.2, -0.15) is 0 Å². The van der Waals surface area contributed by atoms with Gasteiger partial charge in [-0.3, -0.25) is 10.1 Å². The van der Waals surface area contributed by atoms with Crippen molar-refractivity contribution in [2.45, 2.75) is 38.5 Å². The van der Waals surface area contributed by atoms with Crippen LogP contribution in [0.4, 0.5) is 0 Å². The molecule has 5 heteroatoms. The predicted octanol–water partition coefficient (Wildman–Crippen LogP) is 2.06. The van der Waals surface area contributed by atoms with Crippen LogP contribution in [0.5, 0.6) is 0 Å². The quantitative estimate of drug-likeness (QED) is 0.921. The molecule has 2 saturated heterocycles. The fourth-order valence-electron chi connectivity index (χ4n) is 2.90. The average Bonchev–Trinajstić information content (AvgIpc) is 3.04. The van der Waals surface area contributed by atoms with Crippen LogP contribution in [0.2, 0.25) is 0 Å². The molecule has 4 nitrogen and oxygen atoms in total. The third kappa shape index (κ3) is 2.55. The largest absolute Gasteiger partial charge is 0.373 e. The molecule has 0 aliphatic carbocycles. The summed E-state index contributed by atoms with van der Waals surface area (Å²) < 4.78 is 5.82. The van der Waals surface area contributed by atoms with Crippen LogP contribution < -0.4 is 5.32 Å². The first kappa shape index (κ1) is 13.1. The maximum absolute atomic E-state index is 12.1. The highest BCUT2D eigenvalue weighted by Crippen LogP contribution is 2.33. The standard InChI is InChI=1S/C14H20N2O2S/c1-10-4-5-11(19-10)13-15-8-12(17)16(13)9-14(2)6-3-7-18-14/h4-5,13,15H,3,6-9H2,1-2H3.